The molecule has 3 heteroatoms. The highest BCUT2D eigenvalue weighted by Gasteiger charge is 2.06. The average Bonchev–Trinajstić information content (AvgIpc) is 2.30. The van der Waals surface area contributed by atoms with Crippen molar-refractivity contribution in [2.24, 2.45) is 5.92 Å². The molecule has 0 bridgehead atoms. The summed E-state index contributed by atoms with van der Waals surface area (Å²) in [6, 6.07) is 0. The normalized spacial score (nSPS) is 12.9. The minimum absolute atomic E-state index is 0.808. The lowest BCUT2D eigenvalue weighted by atomic mass is 9.97. The van der Waals surface area contributed by atoms with Crippen molar-refractivity contribution in [3.63, 3.8) is 0 Å². The van der Waals surface area contributed by atoms with Gasteiger partial charge in [0.15, 0.2) is 0 Å². The van der Waals surface area contributed by atoms with Crippen molar-refractivity contribution in [3.8, 4) is 0 Å². The lowest BCUT2D eigenvalue weighted by Crippen LogP contribution is -2.26. The molecule has 0 saturated heterocycles. The summed E-state index contributed by atoms with van der Waals surface area (Å²) in [5.41, 5.74) is 0. The summed E-state index contributed by atoms with van der Waals surface area (Å²) in [6.07, 6.45) is 6.39. The highest BCUT2D eigenvalue weighted by molar-refractivity contribution is 4.62. The van der Waals surface area contributed by atoms with Crippen molar-refractivity contribution >= 4 is 0 Å². The van der Waals surface area contributed by atoms with Crippen LogP contribution < -0.4 is 5.32 Å². The molecule has 1 N–H and O–H groups in total. The predicted octanol–water partition coefficient (Wildman–Crippen LogP) is 2.46. The first-order chi connectivity index (χ1) is 7.85. The van der Waals surface area contributed by atoms with Crippen LogP contribution in [0.15, 0.2) is 0 Å². The number of methoxy groups -OCH3 is 2. The fraction of sp³-hybridized carbons (Fsp3) is 1.00. The Morgan fingerprint density at radius 2 is 1.75 bits per heavy atom. The largest absolute Gasteiger partial charge is 0.385 e. The van der Waals surface area contributed by atoms with Gasteiger partial charge in [0.2, 0.25) is 0 Å². The average molecular weight is 231 g/mol. The van der Waals surface area contributed by atoms with Crippen molar-refractivity contribution in [1.29, 1.82) is 0 Å². The molecule has 0 heterocycles. The van der Waals surface area contributed by atoms with Crippen LogP contribution >= 0.6 is 0 Å². The molecular weight excluding hydrogens is 202 g/mol. The van der Waals surface area contributed by atoms with Gasteiger partial charge in [-0.3, -0.25) is 0 Å². The lowest BCUT2D eigenvalue weighted by molar-refractivity contribution is 0.187. The standard InChI is InChI=1S/C13H29NO2/c1-4-7-13(8-5-6-10-15-2)12-14-9-11-16-3/h13-14H,4-12H2,1-3H3. The number of hydrogen-bond donors (Lipinski definition) is 1. The molecule has 0 aromatic carbocycles. The smallest absolute Gasteiger partial charge is 0.0587 e. The van der Waals surface area contributed by atoms with Gasteiger partial charge < -0.3 is 14.8 Å². The molecule has 0 rings (SSSR count). The molecule has 16 heavy (non-hydrogen) atoms. The van der Waals surface area contributed by atoms with Crippen LogP contribution in [0.25, 0.3) is 0 Å². The number of ether oxygens (including phenoxy) is 2. The van der Waals surface area contributed by atoms with Gasteiger partial charge in [-0.25, -0.2) is 0 Å². The Bertz CT molecular complexity index is 119. The van der Waals surface area contributed by atoms with E-state index in [4.69, 9.17) is 9.47 Å². The van der Waals surface area contributed by atoms with Gasteiger partial charge in [-0.1, -0.05) is 19.8 Å². The minimum atomic E-state index is 0.808. The molecule has 0 aromatic heterocycles. The molecule has 0 aliphatic heterocycles. The van der Waals surface area contributed by atoms with E-state index in [2.05, 4.69) is 12.2 Å². The zero-order chi connectivity index (χ0) is 12.1. The van der Waals surface area contributed by atoms with E-state index >= 15 is 0 Å². The molecule has 0 radical (unpaired) electrons. The van der Waals surface area contributed by atoms with E-state index < -0.39 is 0 Å². The zero-order valence-electron chi connectivity index (χ0n) is 11.3. The van der Waals surface area contributed by atoms with E-state index in [0.29, 0.717) is 0 Å². The van der Waals surface area contributed by atoms with Gasteiger partial charge in [-0.2, -0.15) is 0 Å². The van der Waals surface area contributed by atoms with Crippen LogP contribution in [-0.2, 0) is 9.47 Å². The van der Waals surface area contributed by atoms with Crippen LogP contribution in [0.4, 0.5) is 0 Å². The summed E-state index contributed by atoms with van der Waals surface area (Å²) in [5.74, 6) is 0.818. The first-order valence-corrected chi connectivity index (χ1v) is 6.53. The van der Waals surface area contributed by atoms with Crippen LogP contribution in [0, 0.1) is 5.92 Å². The maximum Gasteiger partial charge on any atom is 0.0587 e. The number of nitrogens with one attached hydrogen (secondary N) is 1. The molecule has 0 saturated carbocycles. The molecule has 1 atom stereocenters. The molecule has 1 unspecified atom stereocenters. The SMILES string of the molecule is CCCC(CCCCOC)CNCCOC. The van der Waals surface area contributed by atoms with Gasteiger partial charge in [0, 0.05) is 27.4 Å². The van der Waals surface area contributed by atoms with Crippen LogP contribution in [0.1, 0.15) is 39.0 Å². The third kappa shape index (κ3) is 10.4. The number of hydrogen-bond acceptors (Lipinski definition) is 3. The van der Waals surface area contributed by atoms with Crippen LogP contribution in [0.2, 0.25) is 0 Å². The Morgan fingerprint density at radius 3 is 2.38 bits per heavy atom. The van der Waals surface area contributed by atoms with E-state index in [1.165, 1.54) is 32.1 Å². The van der Waals surface area contributed by atoms with Gasteiger partial charge in [0.1, 0.15) is 0 Å². The highest BCUT2D eigenvalue weighted by Crippen LogP contribution is 2.13. The fourth-order valence-corrected chi connectivity index (χ4v) is 1.92. The van der Waals surface area contributed by atoms with E-state index in [-0.39, 0.29) is 0 Å². The van der Waals surface area contributed by atoms with Crippen molar-refractivity contribution < 1.29 is 9.47 Å². The topological polar surface area (TPSA) is 30.5 Å². The maximum atomic E-state index is 5.06. The van der Waals surface area contributed by atoms with Gasteiger partial charge in [-0.15, -0.1) is 0 Å². The third-order valence-corrected chi connectivity index (χ3v) is 2.82. The van der Waals surface area contributed by atoms with Crippen molar-refractivity contribution in [1.82, 2.24) is 5.32 Å². The maximum absolute atomic E-state index is 5.06. The number of unbranched alkanes of at least 4 members (excludes halogenated alkanes) is 1. The second-order valence-electron chi connectivity index (χ2n) is 4.34. The van der Waals surface area contributed by atoms with E-state index in [1.807, 2.05) is 0 Å². The number of rotatable bonds is 12. The molecule has 3 nitrogen and oxygen atoms in total. The summed E-state index contributed by atoms with van der Waals surface area (Å²) in [4.78, 5) is 0. The summed E-state index contributed by atoms with van der Waals surface area (Å²) < 4.78 is 10.1. The first-order valence-electron chi connectivity index (χ1n) is 6.53. The zero-order valence-corrected chi connectivity index (χ0v) is 11.3. The predicted molar refractivity (Wildman–Crippen MR) is 68.9 cm³/mol. The molecule has 0 fully saturated rings. The minimum Gasteiger partial charge on any atom is -0.385 e. The van der Waals surface area contributed by atoms with Gasteiger partial charge in [0.25, 0.3) is 0 Å². The Balaban J connectivity index is 3.45. The molecule has 98 valence electrons. The molecule has 0 aliphatic rings. The Kier molecular flexibility index (Phi) is 12.9. The molecule has 0 aromatic rings. The van der Waals surface area contributed by atoms with Crippen LogP contribution in [0.5, 0.6) is 0 Å². The van der Waals surface area contributed by atoms with Crippen molar-refractivity contribution in [3.05, 3.63) is 0 Å². The quantitative estimate of drug-likeness (QED) is 0.523. The monoisotopic (exact) mass is 231 g/mol. The molecule has 0 aliphatic carbocycles. The molecule has 0 amide bonds. The molecular formula is C13H29NO2. The van der Waals surface area contributed by atoms with Gasteiger partial charge in [0.05, 0.1) is 6.61 Å². The highest BCUT2D eigenvalue weighted by atomic mass is 16.5. The second-order valence-corrected chi connectivity index (χ2v) is 4.34. The van der Waals surface area contributed by atoms with Crippen molar-refractivity contribution in [2.45, 2.75) is 39.0 Å². The summed E-state index contributed by atoms with van der Waals surface area (Å²) in [6.45, 7) is 6.06. The van der Waals surface area contributed by atoms with E-state index in [0.717, 1.165) is 32.2 Å². The first kappa shape index (κ1) is 15.9. The van der Waals surface area contributed by atoms with Crippen LogP contribution in [-0.4, -0.2) is 40.5 Å². The van der Waals surface area contributed by atoms with Gasteiger partial charge in [-0.05, 0) is 31.7 Å². The van der Waals surface area contributed by atoms with E-state index in [1.54, 1.807) is 14.2 Å². The van der Waals surface area contributed by atoms with Gasteiger partial charge >= 0.3 is 0 Å². The Morgan fingerprint density at radius 1 is 1.00 bits per heavy atom. The molecule has 0 spiro atoms. The lowest BCUT2D eigenvalue weighted by Gasteiger charge is -2.16. The summed E-state index contributed by atoms with van der Waals surface area (Å²) >= 11 is 0. The van der Waals surface area contributed by atoms with E-state index in [9.17, 15) is 0 Å². The third-order valence-electron chi connectivity index (χ3n) is 2.82. The second kappa shape index (κ2) is 12.9. The Labute approximate surface area is 101 Å². The van der Waals surface area contributed by atoms with Crippen LogP contribution in [0.3, 0.4) is 0 Å². The summed E-state index contributed by atoms with van der Waals surface area (Å²) in [7, 11) is 3.52. The Hall–Kier alpha value is -0.120. The van der Waals surface area contributed by atoms with Crippen molar-refractivity contribution in [2.75, 3.05) is 40.5 Å². The summed E-state index contributed by atoms with van der Waals surface area (Å²) in [5, 5.41) is 3.46. The fourth-order valence-electron chi connectivity index (χ4n) is 1.92.